The van der Waals surface area contributed by atoms with Crippen LogP contribution in [-0.4, -0.2) is 0 Å². The summed E-state index contributed by atoms with van der Waals surface area (Å²) in [5.41, 5.74) is 1.07. The first-order valence-electron chi connectivity index (χ1n) is 3.93. The summed E-state index contributed by atoms with van der Waals surface area (Å²) in [5, 5.41) is 2.04. The maximum Gasteiger partial charge on any atom is 0.238 e. The van der Waals surface area contributed by atoms with Crippen molar-refractivity contribution < 1.29 is 4.57 Å². The van der Waals surface area contributed by atoms with Crippen LogP contribution in [-0.2, 0) is 0 Å². The number of terminal acetylenes is 1. The molecule has 0 N–H and O–H groups in total. The maximum absolute atomic E-state index is 5.37. The fourth-order valence-corrected chi connectivity index (χ4v) is 1.93. The molecule has 0 amide bonds. The molecular formula is C11H8NS+. The normalized spacial score (nSPS) is 9.46. The topological polar surface area (TPSA) is 3.88 Å². The van der Waals surface area contributed by atoms with E-state index in [9.17, 15) is 0 Å². The van der Waals surface area contributed by atoms with Crippen molar-refractivity contribution >= 4 is 11.3 Å². The Balaban J connectivity index is 2.59. The van der Waals surface area contributed by atoms with Crippen molar-refractivity contribution in [2.45, 2.75) is 0 Å². The fraction of sp³-hybridized carbons (Fsp3) is 0. The third-order valence-electron chi connectivity index (χ3n) is 1.77. The highest BCUT2D eigenvalue weighted by Crippen LogP contribution is 2.20. The molecule has 0 fully saturated rings. The van der Waals surface area contributed by atoms with Gasteiger partial charge in [0.15, 0.2) is 6.20 Å². The van der Waals surface area contributed by atoms with E-state index in [0.717, 1.165) is 5.69 Å². The molecule has 2 heterocycles. The van der Waals surface area contributed by atoms with Crippen LogP contribution in [0.15, 0.2) is 41.9 Å². The summed E-state index contributed by atoms with van der Waals surface area (Å²) in [5.74, 6) is 0. The van der Waals surface area contributed by atoms with Gasteiger partial charge in [-0.1, -0.05) is 6.07 Å². The monoisotopic (exact) mass is 186 g/mol. The summed E-state index contributed by atoms with van der Waals surface area (Å²) in [7, 11) is 0. The predicted octanol–water partition coefficient (Wildman–Crippen LogP) is 2.14. The standard InChI is InChI=1S/C11H8NS/c1-2-12-8-4-3-6-10(12)11-7-5-9-13-11/h1,3-9H/q+1. The third kappa shape index (κ3) is 1.47. The molecule has 2 heteroatoms. The molecule has 0 aliphatic carbocycles. The Morgan fingerprint density at radius 1 is 1.23 bits per heavy atom. The molecule has 0 bridgehead atoms. The van der Waals surface area contributed by atoms with Crippen LogP contribution in [0.5, 0.6) is 0 Å². The van der Waals surface area contributed by atoms with Crippen molar-refractivity contribution in [3.63, 3.8) is 0 Å². The second-order valence-corrected chi connectivity index (χ2v) is 3.51. The first kappa shape index (κ1) is 8.03. The lowest BCUT2D eigenvalue weighted by Crippen LogP contribution is -2.29. The van der Waals surface area contributed by atoms with E-state index in [1.807, 2.05) is 35.8 Å². The minimum atomic E-state index is 1.07. The fourth-order valence-electron chi connectivity index (χ4n) is 1.18. The molecule has 0 radical (unpaired) electrons. The smallest absolute Gasteiger partial charge is 0.137 e. The van der Waals surface area contributed by atoms with Gasteiger partial charge in [0.05, 0.1) is 4.88 Å². The van der Waals surface area contributed by atoms with Crippen LogP contribution in [0.2, 0.25) is 0 Å². The Labute approximate surface area is 81.3 Å². The molecule has 0 atom stereocenters. The molecule has 1 nitrogen and oxygen atoms in total. The zero-order valence-electron chi connectivity index (χ0n) is 6.97. The molecule has 2 aromatic heterocycles. The molecule has 0 aromatic carbocycles. The summed E-state index contributed by atoms with van der Waals surface area (Å²) in [6.07, 6.45) is 7.26. The van der Waals surface area contributed by atoms with Gasteiger partial charge in [0.1, 0.15) is 0 Å². The van der Waals surface area contributed by atoms with Gasteiger partial charge in [0, 0.05) is 12.1 Å². The summed E-state index contributed by atoms with van der Waals surface area (Å²) in [6, 6.07) is 12.6. The molecule has 2 rings (SSSR count). The molecular weight excluding hydrogens is 178 g/mol. The molecule has 62 valence electrons. The molecule has 0 spiro atoms. The lowest BCUT2D eigenvalue weighted by atomic mass is 10.3. The Morgan fingerprint density at radius 3 is 2.85 bits per heavy atom. The molecule has 0 saturated heterocycles. The SMILES string of the molecule is C#C[n+]1ccccc1-c1cccs1. The lowest BCUT2D eigenvalue weighted by Gasteiger charge is -1.91. The van der Waals surface area contributed by atoms with E-state index in [0.29, 0.717) is 0 Å². The van der Waals surface area contributed by atoms with Gasteiger partial charge in [-0.15, -0.1) is 15.9 Å². The predicted molar refractivity (Wildman–Crippen MR) is 54.2 cm³/mol. The van der Waals surface area contributed by atoms with Crippen LogP contribution in [0.25, 0.3) is 10.6 Å². The number of aromatic nitrogens is 1. The van der Waals surface area contributed by atoms with Gasteiger partial charge in [-0.05, 0) is 23.9 Å². The number of hydrogen-bond donors (Lipinski definition) is 0. The second-order valence-electron chi connectivity index (χ2n) is 2.56. The largest absolute Gasteiger partial charge is 0.238 e. The van der Waals surface area contributed by atoms with Crippen LogP contribution in [0.1, 0.15) is 0 Å². The van der Waals surface area contributed by atoms with Gasteiger partial charge in [-0.3, -0.25) is 0 Å². The minimum absolute atomic E-state index is 1.07. The van der Waals surface area contributed by atoms with Crippen LogP contribution >= 0.6 is 11.3 Å². The molecule has 13 heavy (non-hydrogen) atoms. The summed E-state index contributed by atoms with van der Waals surface area (Å²) in [6.45, 7) is 0. The highest BCUT2D eigenvalue weighted by atomic mass is 32.1. The van der Waals surface area contributed by atoms with Crippen molar-refractivity contribution in [1.29, 1.82) is 0 Å². The van der Waals surface area contributed by atoms with Gasteiger partial charge in [-0.2, -0.15) is 0 Å². The Bertz CT molecular complexity index is 437. The zero-order valence-corrected chi connectivity index (χ0v) is 7.79. The van der Waals surface area contributed by atoms with Gasteiger partial charge in [-0.25, -0.2) is 0 Å². The van der Waals surface area contributed by atoms with Gasteiger partial charge in [0.2, 0.25) is 11.7 Å². The number of thiophene rings is 1. The average Bonchev–Trinajstić information content (AvgIpc) is 2.70. The van der Waals surface area contributed by atoms with Crippen LogP contribution in [0.4, 0.5) is 0 Å². The van der Waals surface area contributed by atoms with E-state index in [4.69, 9.17) is 6.42 Å². The summed E-state index contributed by atoms with van der Waals surface area (Å²) >= 11 is 1.69. The number of nitrogens with zero attached hydrogens (tertiary/aromatic N) is 1. The van der Waals surface area contributed by atoms with Crippen LogP contribution < -0.4 is 4.57 Å². The van der Waals surface area contributed by atoms with Gasteiger partial charge in [0.25, 0.3) is 0 Å². The third-order valence-corrected chi connectivity index (χ3v) is 2.66. The molecule has 0 unspecified atom stereocenters. The molecule has 0 saturated carbocycles. The highest BCUT2D eigenvalue weighted by molar-refractivity contribution is 7.13. The Kier molecular flexibility index (Phi) is 2.11. The first-order chi connectivity index (χ1) is 6.42. The van der Waals surface area contributed by atoms with Crippen molar-refractivity contribution in [2.24, 2.45) is 0 Å². The van der Waals surface area contributed by atoms with Crippen LogP contribution in [0.3, 0.4) is 0 Å². The Morgan fingerprint density at radius 2 is 2.15 bits per heavy atom. The van der Waals surface area contributed by atoms with Crippen molar-refractivity contribution in [1.82, 2.24) is 0 Å². The highest BCUT2D eigenvalue weighted by Gasteiger charge is 2.10. The van der Waals surface area contributed by atoms with Crippen molar-refractivity contribution in [2.75, 3.05) is 0 Å². The van der Waals surface area contributed by atoms with E-state index in [1.54, 1.807) is 15.9 Å². The van der Waals surface area contributed by atoms with Gasteiger partial charge < -0.3 is 0 Å². The van der Waals surface area contributed by atoms with E-state index >= 15 is 0 Å². The zero-order chi connectivity index (χ0) is 9.10. The summed E-state index contributed by atoms with van der Waals surface area (Å²) in [4.78, 5) is 1.19. The quantitative estimate of drug-likeness (QED) is 0.474. The number of rotatable bonds is 1. The Hall–Kier alpha value is -1.59. The van der Waals surface area contributed by atoms with Gasteiger partial charge >= 0.3 is 0 Å². The van der Waals surface area contributed by atoms with E-state index in [1.165, 1.54) is 4.88 Å². The average molecular weight is 186 g/mol. The van der Waals surface area contributed by atoms with Crippen LogP contribution in [0, 0.1) is 12.5 Å². The molecule has 2 aromatic rings. The molecule has 0 aliphatic heterocycles. The lowest BCUT2D eigenvalue weighted by molar-refractivity contribution is -0.571. The van der Waals surface area contributed by atoms with E-state index in [-0.39, 0.29) is 0 Å². The van der Waals surface area contributed by atoms with E-state index < -0.39 is 0 Å². The first-order valence-corrected chi connectivity index (χ1v) is 4.81. The number of pyridine rings is 1. The van der Waals surface area contributed by atoms with Crippen molar-refractivity contribution in [3.05, 3.63) is 41.9 Å². The second kappa shape index (κ2) is 3.42. The van der Waals surface area contributed by atoms with E-state index in [2.05, 4.69) is 12.1 Å². The minimum Gasteiger partial charge on any atom is -0.137 e. The van der Waals surface area contributed by atoms with Crippen molar-refractivity contribution in [3.8, 4) is 23.0 Å². The molecule has 0 aliphatic rings. The summed E-state index contributed by atoms with van der Waals surface area (Å²) < 4.78 is 1.78. The maximum atomic E-state index is 5.37. The number of hydrogen-bond acceptors (Lipinski definition) is 1.